The molecule has 0 aromatic carbocycles. The Balaban J connectivity index is 1.63. The van der Waals surface area contributed by atoms with Gasteiger partial charge in [0, 0.05) is 25.2 Å². The molecule has 0 spiro atoms. The molecule has 128 valence electrons. The molecule has 1 amide bonds. The van der Waals surface area contributed by atoms with Crippen molar-refractivity contribution >= 4 is 11.9 Å². The quantitative estimate of drug-likeness (QED) is 0.852. The number of aryl methyl sites for hydroxylation is 1. The third-order valence-electron chi connectivity index (χ3n) is 4.22. The lowest BCUT2D eigenvalue weighted by molar-refractivity contribution is -0.138. The van der Waals surface area contributed by atoms with E-state index in [-0.39, 0.29) is 24.8 Å². The molecule has 1 aliphatic heterocycles. The maximum Gasteiger partial charge on any atom is 0.325 e. The van der Waals surface area contributed by atoms with Gasteiger partial charge in [-0.2, -0.15) is 5.10 Å². The molecule has 0 unspecified atom stereocenters. The summed E-state index contributed by atoms with van der Waals surface area (Å²) in [6, 6.07) is 1.83. The van der Waals surface area contributed by atoms with E-state index in [1.165, 1.54) is 4.68 Å². The number of hydrogen-bond acceptors (Lipinski definition) is 6. The van der Waals surface area contributed by atoms with Crippen molar-refractivity contribution in [1.29, 1.82) is 0 Å². The average Bonchev–Trinajstić information content (AvgIpc) is 3.17. The summed E-state index contributed by atoms with van der Waals surface area (Å²) in [5.41, 5.74) is 2.02. The molecule has 1 aliphatic rings. The third kappa shape index (κ3) is 3.61. The summed E-state index contributed by atoms with van der Waals surface area (Å²) in [6.45, 7) is 2.88. The van der Waals surface area contributed by atoms with Crippen LogP contribution in [-0.2, 0) is 22.6 Å². The van der Waals surface area contributed by atoms with Crippen molar-refractivity contribution in [3.05, 3.63) is 29.3 Å². The molecule has 2 aromatic rings. The Kier molecular flexibility index (Phi) is 4.59. The standard InChI is InChI=1S/C15H19N5O4/c1-10-13(18-24-17-10)7-14(21)19-5-2-3-11(8-19)12-4-6-20(16-12)9-15(22)23/h4,6,11H,2-3,5,7-9H2,1H3,(H,22,23)/t11-/m1/s1. The first kappa shape index (κ1) is 16.2. The number of carboxylic acid groups (broad SMARTS) is 1. The number of rotatable bonds is 5. The van der Waals surface area contributed by atoms with Crippen LogP contribution in [0.3, 0.4) is 0 Å². The Morgan fingerprint density at radius 2 is 2.25 bits per heavy atom. The van der Waals surface area contributed by atoms with Gasteiger partial charge in [-0.25, -0.2) is 4.63 Å². The van der Waals surface area contributed by atoms with Crippen molar-refractivity contribution in [3.63, 3.8) is 0 Å². The molecule has 1 atom stereocenters. The maximum absolute atomic E-state index is 12.5. The highest BCUT2D eigenvalue weighted by molar-refractivity contribution is 5.78. The first-order valence-corrected chi connectivity index (χ1v) is 7.84. The van der Waals surface area contributed by atoms with Gasteiger partial charge in [-0.15, -0.1) is 0 Å². The van der Waals surface area contributed by atoms with Crippen LogP contribution in [0.25, 0.3) is 0 Å². The van der Waals surface area contributed by atoms with E-state index in [2.05, 4.69) is 20.0 Å². The van der Waals surface area contributed by atoms with Crippen LogP contribution in [-0.4, -0.2) is 55.1 Å². The highest BCUT2D eigenvalue weighted by Crippen LogP contribution is 2.26. The summed E-state index contributed by atoms with van der Waals surface area (Å²) in [5, 5.41) is 20.6. The number of carbonyl (C=O) groups excluding carboxylic acids is 1. The second-order valence-corrected chi connectivity index (χ2v) is 5.98. The molecule has 9 heteroatoms. The molecule has 3 heterocycles. The molecule has 0 aliphatic carbocycles. The molecule has 24 heavy (non-hydrogen) atoms. The summed E-state index contributed by atoms with van der Waals surface area (Å²) in [7, 11) is 0. The van der Waals surface area contributed by atoms with Gasteiger partial charge in [0.15, 0.2) is 0 Å². The van der Waals surface area contributed by atoms with Gasteiger partial charge in [0.1, 0.15) is 17.9 Å². The van der Waals surface area contributed by atoms with Gasteiger partial charge in [0.25, 0.3) is 0 Å². The van der Waals surface area contributed by atoms with Gasteiger partial charge >= 0.3 is 5.97 Å². The van der Waals surface area contributed by atoms with Crippen LogP contribution >= 0.6 is 0 Å². The van der Waals surface area contributed by atoms with Crippen LogP contribution in [0.5, 0.6) is 0 Å². The molecule has 0 bridgehead atoms. The summed E-state index contributed by atoms with van der Waals surface area (Å²) in [6.07, 6.45) is 3.65. The molecular formula is C15H19N5O4. The molecule has 0 radical (unpaired) electrons. The van der Waals surface area contributed by atoms with Crippen LogP contribution in [0.15, 0.2) is 16.9 Å². The highest BCUT2D eigenvalue weighted by atomic mass is 16.6. The molecule has 1 fully saturated rings. The zero-order chi connectivity index (χ0) is 17.1. The maximum atomic E-state index is 12.5. The van der Waals surface area contributed by atoms with E-state index in [1.807, 2.05) is 6.07 Å². The average molecular weight is 333 g/mol. The molecule has 1 saturated heterocycles. The van der Waals surface area contributed by atoms with Crippen molar-refractivity contribution in [3.8, 4) is 0 Å². The van der Waals surface area contributed by atoms with E-state index in [1.54, 1.807) is 18.0 Å². The fraction of sp³-hybridized carbons (Fsp3) is 0.533. The number of aromatic nitrogens is 4. The van der Waals surface area contributed by atoms with Crippen LogP contribution in [0.2, 0.25) is 0 Å². The van der Waals surface area contributed by atoms with Gasteiger partial charge < -0.3 is 10.0 Å². The summed E-state index contributed by atoms with van der Waals surface area (Å²) in [4.78, 5) is 25.0. The highest BCUT2D eigenvalue weighted by Gasteiger charge is 2.27. The van der Waals surface area contributed by atoms with Crippen molar-refractivity contribution in [2.24, 2.45) is 0 Å². The number of likely N-dealkylation sites (tertiary alicyclic amines) is 1. The van der Waals surface area contributed by atoms with Crippen LogP contribution in [0.4, 0.5) is 0 Å². The minimum absolute atomic E-state index is 0.0107. The first-order chi connectivity index (χ1) is 11.5. The van der Waals surface area contributed by atoms with Crippen LogP contribution < -0.4 is 0 Å². The topological polar surface area (TPSA) is 114 Å². The second kappa shape index (κ2) is 6.81. The number of nitrogens with zero attached hydrogens (tertiary/aromatic N) is 5. The van der Waals surface area contributed by atoms with E-state index < -0.39 is 5.97 Å². The normalized spacial score (nSPS) is 17.9. The fourth-order valence-corrected chi connectivity index (χ4v) is 2.93. The van der Waals surface area contributed by atoms with E-state index in [4.69, 9.17) is 5.11 Å². The molecular weight excluding hydrogens is 314 g/mol. The smallest absolute Gasteiger partial charge is 0.325 e. The van der Waals surface area contributed by atoms with Gasteiger partial charge in [0.05, 0.1) is 12.1 Å². The zero-order valence-corrected chi connectivity index (χ0v) is 13.4. The largest absolute Gasteiger partial charge is 0.480 e. The number of hydrogen-bond donors (Lipinski definition) is 1. The Morgan fingerprint density at radius 1 is 1.42 bits per heavy atom. The minimum atomic E-state index is -0.929. The lowest BCUT2D eigenvalue weighted by atomic mass is 9.94. The number of amides is 1. The Morgan fingerprint density at radius 3 is 2.96 bits per heavy atom. The van der Waals surface area contributed by atoms with Crippen molar-refractivity contribution in [1.82, 2.24) is 25.0 Å². The van der Waals surface area contributed by atoms with Gasteiger partial charge in [-0.05, 0) is 25.8 Å². The number of piperidine rings is 1. The Hall–Kier alpha value is -2.71. The van der Waals surface area contributed by atoms with E-state index in [0.29, 0.717) is 24.5 Å². The fourth-order valence-electron chi connectivity index (χ4n) is 2.93. The lowest BCUT2D eigenvalue weighted by Gasteiger charge is -2.32. The van der Waals surface area contributed by atoms with Crippen molar-refractivity contribution in [2.75, 3.05) is 13.1 Å². The van der Waals surface area contributed by atoms with Crippen molar-refractivity contribution in [2.45, 2.75) is 38.6 Å². The van der Waals surface area contributed by atoms with Crippen LogP contribution in [0, 0.1) is 6.92 Å². The number of carboxylic acids is 1. The predicted octanol–water partition coefficient (Wildman–Crippen LogP) is 0.608. The second-order valence-electron chi connectivity index (χ2n) is 5.98. The van der Waals surface area contributed by atoms with Gasteiger partial charge in [-0.1, -0.05) is 10.3 Å². The predicted molar refractivity (Wildman–Crippen MR) is 81.2 cm³/mol. The molecule has 9 nitrogen and oxygen atoms in total. The summed E-state index contributed by atoms with van der Waals surface area (Å²) >= 11 is 0. The summed E-state index contributed by atoms with van der Waals surface area (Å²) < 4.78 is 6.03. The van der Waals surface area contributed by atoms with Gasteiger partial charge in [0.2, 0.25) is 5.91 Å². The molecule has 3 rings (SSSR count). The van der Waals surface area contributed by atoms with E-state index in [0.717, 1.165) is 18.5 Å². The monoisotopic (exact) mass is 333 g/mol. The molecule has 0 saturated carbocycles. The van der Waals surface area contributed by atoms with E-state index >= 15 is 0 Å². The lowest BCUT2D eigenvalue weighted by Crippen LogP contribution is -2.40. The summed E-state index contributed by atoms with van der Waals surface area (Å²) in [5.74, 6) is -0.820. The molecule has 1 N–H and O–H groups in total. The molecule has 2 aromatic heterocycles. The third-order valence-corrected chi connectivity index (χ3v) is 4.22. The zero-order valence-electron chi connectivity index (χ0n) is 13.4. The minimum Gasteiger partial charge on any atom is -0.480 e. The number of aliphatic carboxylic acids is 1. The van der Waals surface area contributed by atoms with Crippen LogP contribution in [0.1, 0.15) is 35.8 Å². The Bertz CT molecular complexity index is 738. The van der Waals surface area contributed by atoms with E-state index in [9.17, 15) is 9.59 Å². The Labute approximate surface area is 138 Å². The first-order valence-electron chi connectivity index (χ1n) is 7.84. The SMILES string of the molecule is Cc1nonc1CC(=O)N1CCC[C@@H](c2ccn(CC(=O)O)n2)C1. The van der Waals surface area contributed by atoms with Gasteiger partial charge in [-0.3, -0.25) is 14.3 Å². The number of carbonyl (C=O) groups is 2. The van der Waals surface area contributed by atoms with Crippen molar-refractivity contribution < 1.29 is 19.3 Å².